The van der Waals surface area contributed by atoms with Gasteiger partial charge in [0.15, 0.2) is 5.82 Å². The number of halogens is 2. The van der Waals surface area contributed by atoms with E-state index >= 15 is 0 Å². The maximum Gasteiger partial charge on any atom is 0.219 e. The highest BCUT2D eigenvalue weighted by atomic mass is 35.5. The van der Waals surface area contributed by atoms with Gasteiger partial charge in [-0.15, -0.1) is 5.10 Å². The van der Waals surface area contributed by atoms with Crippen LogP contribution in [0, 0.1) is 0 Å². The summed E-state index contributed by atoms with van der Waals surface area (Å²) in [5.74, 6) is 0.987. The van der Waals surface area contributed by atoms with Crippen LogP contribution >= 0.6 is 23.2 Å². The Morgan fingerprint density at radius 3 is 2.32 bits per heavy atom. The van der Waals surface area contributed by atoms with E-state index in [1.165, 1.54) is 0 Å². The normalized spacial score (nSPS) is 10.2. The van der Waals surface area contributed by atoms with Crippen molar-refractivity contribution in [2.45, 2.75) is 53.5 Å². The summed E-state index contributed by atoms with van der Waals surface area (Å²) in [6.07, 6.45) is 5.04. The quantitative estimate of drug-likeness (QED) is 0.603. The van der Waals surface area contributed by atoms with Gasteiger partial charge in [0.1, 0.15) is 0 Å². The van der Waals surface area contributed by atoms with Gasteiger partial charge in [-0.1, -0.05) is 55.3 Å². The van der Waals surface area contributed by atoms with Gasteiger partial charge in [-0.05, 0) is 37.0 Å². The van der Waals surface area contributed by atoms with Crippen LogP contribution in [0.3, 0.4) is 0 Å². The molecule has 1 N–H and O–H groups in total. The van der Waals surface area contributed by atoms with Crippen molar-refractivity contribution >= 4 is 34.9 Å². The smallest absolute Gasteiger partial charge is 0.219 e. The van der Waals surface area contributed by atoms with Crippen molar-refractivity contribution in [3.63, 3.8) is 0 Å². The molecule has 0 saturated heterocycles. The molecule has 1 aromatic heterocycles. The number of hydrogen-bond acceptors (Lipinski definition) is 4. The van der Waals surface area contributed by atoms with Gasteiger partial charge in [-0.2, -0.15) is 0 Å². The molecule has 2 rings (SSSR count). The summed E-state index contributed by atoms with van der Waals surface area (Å²) in [5.41, 5.74) is 1.04. The Morgan fingerprint density at radius 2 is 1.79 bits per heavy atom. The zero-order valence-electron chi connectivity index (χ0n) is 17.2. The van der Waals surface area contributed by atoms with E-state index in [4.69, 9.17) is 23.2 Å². The van der Waals surface area contributed by atoms with E-state index in [0.717, 1.165) is 50.3 Å². The van der Waals surface area contributed by atoms with Crippen molar-refractivity contribution in [1.29, 1.82) is 0 Å². The van der Waals surface area contributed by atoms with E-state index in [0.29, 0.717) is 16.6 Å². The lowest BCUT2D eigenvalue weighted by atomic mass is 10.2. The minimum atomic E-state index is 0.198. The van der Waals surface area contributed by atoms with Gasteiger partial charge in [0.05, 0.1) is 22.8 Å². The van der Waals surface area contributed by atoms with Crippen LogP contribution in [0.4, 0.5) is 5.82 Å². The first-order valence-corrected chi connectivity index (χ1v) is 10.5. The summed E-state index contributed by atoms with van der Waals surface area (Å²) in [6, 6.07) is 5.55. The Labute approximate surface area is 178 Å². The lowest BCUT2D eigenvalue weighted by Gasteiger charge is -2.18. The zero-order chi connectivity index (χ0) is 20.9. The second-order valence-electron chi connectivity index (χ2n) is 6.48. The molecular weight excluding hydrogens is 397 g/mol. The molecule has 156 valence electrons. The largest absolute Gasteiger partial charge is 0.367 e. The third-order valence-electron chi connectivity index (χ3n) is 3.86. The number of nitrogens with zero attached hydrogens (tertiary/aromatic N) is 4. The third-order valence-corrected chi connectivity index (χ3v) is 4.59. The van der Waals surface area contributed by atoms with E-state index in [9.17, 15) is 4.79 Å². The van der Waals surface area contributed by atoms with Gasteiger partial charge in [0, 0.05) is 26.6 Å². The predicted octanol–water partition coefficient (Wildman–Crippen LogP) is 5.11. The van der Waals surface area contributed by atoms with Crippen LogP contribution in [0.2, 0.25) is 10.0 Å². The molecule has 0 fully saturated rings. The third kappa shape index (κ3) is 8.93. The molecule has 28 heavy (non-hydrogen) atoms. The molecule has 0 saturated carbocycles. The van der Waals surface area contributed by atoms with E-state index in [-0.39, 0.29) is 5.91 Å². The van der Waals surface area contributed by atoms with E-state index in [1.54, 1.807) is 17.7 Å². The Bertz CT molecular complexity index is 714. The minimum absolute atomic E-state index is 0.198. The molecule has 0 bridgehead atoms. The lowest BCUT2D eigenvalue weighted by Crippen LogP contribution is -2.29. The number of hydrogen-bond donors (Lipinski definition) is 1. The minimum Gasteiger partial charge on any atom is -0.367 e. The summed E-state index contributed by atoms with van der Waals surface area (Å²) in [6.45, 7) is 11.2. The number of aromatic nitrogens is 3. The predicted molar refractivity (Wildman–Crippen MR) is 117 cm³/mol. The van der Waals surface area contributed by atoms with Crippen LogP contribution in [-0.2, 0) is 11.3 Å². The number of amides is 1. The second-order valence-corrected chi connectivity index (χ2v) is 7.30. The molecular formula is C20H31Cl2N5O. The number of benzene rings is 1. The van der Waals surface area contributed by atoms with Crippen LogP contribution in [-0.4, -0.2) is 45.4 Å². The van der Waals surface area contributed by atoms with Gasteiger partial charge in [0.2, 0.25) is 5.91 Å². The first kappa shape index (κ1) is 24.2. The zero-order valence-corrected chi connectivity index (χ0v) is 18.7. The van der Waals surface area contributed by atoms with Crippen LogP contribution in [0.15, 0.2) is 24.4 Å². The second kappa shape index (κ2) is 13.4. The Balaban J connectivity index is 0.000000336. The maximum absolute atomic E-state index is 10.8. The van der Waals surface area contributed by atoms with Gasteiger partial charge in [-0.3, -0.25) is 4.79 Å². The number of carbonyl (C=O) groups is 1. The molecule has 8 heteroatoms. The van der Waals surface area contributed by atoms with Crippen LogP contribution < -0.4 is 5.32 Å². The molecule has 2 aromatic rings. The molecule has 1 amide bonds. The van der Waals surface area contributed by atoms with Crippen molar-refractivity contribution in [3.05, 3.63) is 40.0 Å². The van der Waals surface area contributed by atoms with Crippen molar-refractivity contribution in [2.75, 3.05) is 25.0 Å². The molecule has 0 atom stereocenters. The van der Waals surface area contributed by atoms with E-state index in [1.807, 2.05) is 23.2 Å². The topological polar surface area (TPSA) is 63.1 Å². The lowest BCUT2D eigenvalue weighted by molar-refractivity contribution is -0.128. The monoisotopic (exact) mass is 427 g/mol. The van der Waals surface area contributed by atoms with Gasteiger partial charge in [-0.25, -0.2) is 4.68 Å². The summed E-state index contributed by atoms with van der Waals surface area (Å²) < 4.78 is 1.76. The van der Waals surface area contributed by atoms with Crippen molar-refractivity contribution in [2.24, 2.45) is 0 Å². The average molecular weight is 428 g/mol. The highest BCUT2D eigenvalue weighted by Gasteiger charge is 2.04. The van der Waals surface area contributed by atoms with Gasteiger partial charge < -0.3 is 10.2 Å². The Morgan fingerprint density at radius 1 is 1.11 bits per heavy atom. The van der Waals surface area contributed by atoms with Crippen LogP contribution in [0.1, 0.15) is 52.5 Å². The number of nitrogens with one attached hydrogen (secondary N) is 1. The summed E-state index contributed by atoms with van der Waals surface area (Å²) >= 11 is 11.8. The van der Waals surface area contributed by atoms with Gasteiger partial charge in [0.25, 0.3) is 0 Å². The molecule has 0 unspecified atom stereocenters. The molecule has 0 radical (unpaired) electrons. The van der Waals surface area contributed by atoms with Crippen LogP contribution in [0.25, 0.3) is 0 Å². The molecule has 0 aliphatic rings. The SMILES string of the molecule is CCCN(CCC)C(C)=O.CCCNc1cn(Cc2ccc(Cl)c(Cl)c2)nn1. The van der Waals surface area contributed by atoms with E-state index < -0.39 is 0 Å². The molecule has 0 aliphatic heterocycles. The molecule has 6 nitrogen and oxygen atoms in total. The average Bonchev–Trinajstić information content (AvgIpc) is 3.10. The van der Waals surface area contributed by atoms with Crippen molar-refractivity contribution in [1.82, 2.24) is 19.9 Å². The molecule has 1 aromatic carbocycles. The number of rotatable bonds is 9. The standard InChI is InChI=1S/C12H14Cl2N4.C8H17NO/c1-2-5-15-12-8-18(17-16-12)7-9-3-4-10(13)11(14)6-9;1-4-6-9(7-5-2)8(3)10/h3-4,6,8,15H,2,5,7H2,1H3;4-7H2,1-3H3. The molecule has 0 spiro atoms. The first-order chi connectivity index (χ1) is 13.4. The summed E-state index contributed by atoms with van der Waals surface area (Å²) in [7, 11) is 0. The first-order valence-electron chi connectivity index (χ1n) is 9.74. The van der Waals surface area contributed by atoms with Gasteiger partial charge >= 0.3 is 0 Å². The summed E-state index contributed by atoms with van der Waals surface area (Å²) in [4.78, 5) is 12.7. The molecule has 1 heterocycles. The highest BCUT2D eigenvalue weighted by molar-refractivity contribution is 6.42. The number of carbonyl (C=O) groups excluding carboxylic acids is 1. The maximum atomic E-state index is 10.8. The molecule has 0 aliphatic carbocycles. The van der Waals surface area contributed by atoms with Crippen LogP contribution in [0.5, 0.6) is 0 Å². The van der Waals surface area contributed by atoms with Crippen molar-refractivity contribution in [3.8, 4) is 0 Å². The fraction of sp³-hybridized carbons (Fsp3) is 0.550. The fourth-order valence-electron chi connectivity index (χ4n) is 2.50. The van der Waals surface area contributed by atoms with Crippen molar-refractivity contribution < 1.29 is 4.79 Å². The fourth-order valence-corrected chi connectivity index (χ4v) is 2.82. The highest BCUT2D eigenvalue weighted by Crippen LogP contribution is 2.22. The summed E-state index contributed by atoms with van der Waals surface area (Å²) in [5, 5.41) is 12.4. The Hall–Kier alpha value is -1.79. The number of anilines is 1. The van der Waals surface area contributed by atoms with E-state index in [2.05, 4.69) is 36.4 Å². The Kier molecular flexibility index (Phi) is 11.6.